The highest BCUT2D eigenvalue weighted by molar-refractivity contribution is 7.59. The normalized spacial score (nSPS) is 11.3. The van der Waals surface area contributed by atoms with E-state index in [0.717, 1.165) is 6.07 Å². The molecular formula is C19H23F2N3O2S. The molecule has 0 saturated heterocycles. The van der Waals surface area contributed by atoms with Crippen LogP contribution in [0.3, 0.4) is 0 Å². The zero-order valence-corrected chi connectivity index (χ0v) is 16.0. The Labute approximate surface area is 164 Å². The van der Waals surface area contributed by atoms with Crippen molar-refractivity contribution < 1.29 is 18.3 Å². The number of carbonyl (C=O) groups is 1. The van der Waals surface area contributed by atoms with Gasteiger partial charge >= 0.3 is 0 Å². The lowest BCUT2D eigenvalue weighted by atomic mass is 10.0. The summed E-state index contributed by atoms with van der Waals surface area (Å²) in [5.74, 6) is -1.36. The van der Waals surface area contributed by atoms with E-state index >= 15 is 0 Å². The van der Waals surface area contributed by atoms with Crippen LogP contribution in [0.5, 0.6) is 5.88 Å². The summed E-state index contributed by atoms with van der Waals surface area (Å²) in [6.45, 7) is 4.02. The predicted molar refractivity (Wildman–Crippen MR) is 106 cm³/mol. The van der Waals surface area contributed by atoms with Gasteiger partial charge in [-0.15, -0.1) is 6.58 Å². The van der Waals surface area contributed by atoms with Gasteiger partial charge in [0.15, 0.2) is 0 Å². The van der Waals surface area contributed by atoms with Gasteiger partial charge in [-0.1, -0.05) is 6.08 Å². The van der Waals surface area contributed by atoms with Crippen LogP contribution < -0.4 is 15.4 Å². The van der Waals surface area contributed by atoms with E-state index in [2.05, 4.69) is 11.6 Å². The maximum Gasteiger partial charge on any atom is 0.244 e. The molecule has 1 atom stereocenters. The van der Waals surface area contributed by atoms with Crippen LogP contribution in [0, 0.1) is 11.6 Å². The molecule has 1 aromatic carbocycles. The summed E-state index contributed by atoms with van der Waals surface area (Å²) in [4.78, 5) is 18.4. The number of methoxy groups -OCH3 is 1. The fourth-order valence-corrected chi connectivity index (χ4v) is 2.51. The fraction of sp³-hybridized carbons (Fsp3) is 0.263. The number of nitrogens with two attached hydrogens (primary N) is 1. The minimum Gasteiger partial charge on any atom is -0.481 e. The van der Waals surface area contributed by atoms with Gasteiger partial charge in [0.05, 0.1) is 25.0 Å². The summed E-state index contributed by atoms with van der Waals surface area (Å²) in [5.41, 5.74) is 6.88. The topological polar surface area (TPSA) is 68.5 Å². The first-order valence-electron chi connectivity index (χ1n) is 8.07. The van der Waals surface area contributed by atoms with Crippen molar-refractivity contribution in [3.8, 4) is 5.88 Å². The number of halogens is 2. The number of amides is 1. The highest BCUT2D eigenvalue weighted by Gasteiger charge is 2.23. The zero-order valence-electron chi connectivity index (χ0n) is 15.0. The summed E-state index contributed by atoms with van der Waals surface area (Å²) in [7, 11) is 1.50. The second kappa shape index (κ2) is 10.6. The SMILES string of the molecule is C=CCCN(C(=O)[C@@H](N)Cc1cc(F)cc(F)c1)c1ccc(OC)nc1.S. The molecule has 8 heteroatoms. The Hall–Kier alpha value is -2.45. The van der Waals surface area contributed by atoms with E-state index in [9.17, 15) is 13.6 Å². The Morgan fingerprint density at radius 2 is 2.00 bits per heavy atom. The molecule has 1 aromatic heterocycles. The molecule has 0 bridgehead atoms. The molecular weight excluding hydrogens is 372 g/mol. The number of anilines is 1. The first kappa shape index (κ1) is 22.6. The number of benzene rings is 1. The van der Waals surface area contributed by atoms with Gasteiger partial charge in [0.1, 0.15) is 11.6 Å². The average Bonchev–Trinajstić information content (AvgIpc) is 2.61. The Kier molecular flexibility index (Phi) is 8.90. The second-order valence-electron chi connectivity index (χ2n) is 5.71. The van der Waals surface area contributed by atoms with Crippen molar-refractivity contribution in [2.24, 2.45) is 5.73 Å². The zero-order chi connectivity index (χ0) is 19.1. The Morgan fingerprint density at radius 1 is 1.33 bits per heavy atom. The third kappa shape index (κ3) is 6.33. The van der Waals surface area contributed by atoms with Crippen molar-refractivity contribution in [1.82, 2.24) is 4.98 Å². The lowest BCUT2D eigenvalue weighted by molar-refractivity contribution is -0.119. The maximum absolute atomic E-state index is 13.3. The van der Waals surface area contributed by atoms with E-state index in [1.165, 1.54) is 30.3 Å². The Morgan fingerprint density at radius 3 is 2.52 bits per heavy atom. The molecule has 0 aliphatic rings. The monoisotopic (exact) mass is 395 g/mol. The van der Waals surface area contributed by atoms with Gasteiger partial charge < -0.3 is 15.4 Å². The number of pyridine rings is 1. The van der Waals surface area contributed by atoms with Gasteiger partial charge in [-0.25, -0.2) is 13.8 Å². The molecule has 146 valence electrons. The van der Waals surface area contributed by atoms with Crippen LogP contribution in [-0.2, 0) is 11.2 Å². The van der Waals surface area contributed by atoms with Crippen molar-refractivity contribution in [1.29, 1.82) is 0 Å². The summed E-state index contributed by atoms with van der Waals surface area (Å²) >= 11 is 0. The van der Waals surface area contributed by atoms with Crippen LogP contribution in [0.15, 0.2) is 49.2 Å². The molecule has 0 aliphatic carbocycles. The van der Waals surface area contributed by atoms with Crippen molar-refractivity contribution in [3.05, 3.63) is 66.4 Å². The molecule has 0 unspecified atom stereocenters. The molecule has 2 N–H and O–H groups in total. The van der Waals surface area contributed by atoms with Crippen LogP contribution in [0.2, 0.25) is 0 Å². The molecule has 0 spiro atoms. The van der Waals surface area contributed by atoms with Gasteiger partial charge in [-0.3, -0.25) is 4.79 Å². The summed E-state index contributed by atoms with van der Waals surface area (Å²) in [6, 6.07) is 5.48. The van der Waals surface area contributed by atoms with Crippen LogP contribution in [0.1, 0.15) is 12.0 Å². The Bertz CT molecular complexity index is 752. The maximum atomic E-state index is 13.3. The third-order valence-electron chi connectivity index (χ3n) is 3.76. The summed E-state index contributed by atoms with van der Waals surface area (Å²) in [5, 5.41) is 0. The lowest BCUT2D eigenvalue weighted by Crippen LogP contribution is -2.45. The third-order valence-corrected chi connectivity index (χ3v) is 3.76. The molecule has 1 amide bonds. The van der Waals surface area contributed by atoms with Crippen LogP contribution in [0.25, 0.3) is 0 Å². The van der Waals surface area contributed by atoms with Gasteiger partial charge in [0.2, 0.25) is 11.8 Å². The second-order valence-corrected chi connectivity index (χ2v) is 5.71. The minimum absolute atomic E-state index is 0. The quantitative estimate of drug-likeness (QED) is 0.698. The first-order chi connectivity index (χ1) is 12.4. The smallest absolute Gasteiger partial charge is 0.244 e. The molecule has 0 fully saturated rings. The van der Waals surface area contributed by atoms with E-state index in [0.29, 0.717) is 30.1 Å². The van der Waals surface area contributed by atoms with Crippen LogP contribution in [-0.4, -0.2) is 30.6 Å². The number of nitrogens with zero attached hydrogens (tertiary/aromatic N) is 2. The van der Waals surface area contributed by atoms with Crippen molar-refractivity contribution in [2.45, 2.75) is 18.9 Å². The number of aromatic nitrogens is 1. The van der Waals surface area contributed by atoms with Gasteiger partial charge in [-0.05, 0) is 36.6 Å². The van der Waals surface area contributed by atoms with Crippen molar-refractivity contribution in [3.63, 3.8) is 0 Å². The first-order valence-corrected chi connectivity index (χ1v) is 8.07. The summed E-state index contributed by atoms with van der Waals surface area (Å²) < 4.78 is 31.7. The number of rotatable bonds is 8. The van der Waals surface area contributed by atoms with E-state index in [1.54, 1.807) is 18.2 Å². The minimum atomic E-state index is -0.955. The van der Waals surface area contributed by atoms with Crippen LogP contribution >= 0.6 is 13.5 Å². The predicted octanol–water partition coefficient (Wildman–Crippen LogP) is 2.96. The summed E-state index contributed by atoms with van der Waals surface area (Å²) in [6.07, 6.45) is 3.76. The lowest BCUT2D eigenvalue weighted by Gasteiger charge is -2.25. The molecule has 2 rings (SSSR count). The molecule has 0 aliphatic heterocycles. The van der Waals surface area contributed by atoms with Crippen LogP contribution in [0.4, 0.5) is 14.5 Å². The number of hydrogen-bond donors (Lipinski definition) is 1. The van der Waals surface area contributed by atoms with Crippen molar-refractivity contribution >= 4 is 25.1 Å². The number of ether oxygens (including phenoxy) is 1. The standard InChI is InChI=1S/C19H21F2N3O2.H2S/c1-3-4-7-24(16-5-6-18(26-2)23-12-16)19(25)17(22)10-13-8-14(20)11-15(21)9-13;/h3,5-6,8-9,11-12,17H,1,4,7,10,22H2,2H3;1H2/t17-;/m0./s1. The Balaban J connectivity index is 0.00000364. The van der Waals surface area contributed by atoms with Crippen molar-refractivity contribution in [2.75, 3.05) is 18.6 Å². The number of hydrogen-bond acceptors (Lipinski definition) is 4. The highest BCUT2D eigenvalue weighted by atomic mass is 32.1. The van der Waals surface area contributed by atoms with Gasteiger partial charge in [0, 0.05) is 18.7 Å². The molecule has 2 aromatic rings. The van der Waals surface area contributed by atoms with Gasteiger partial charge in [0.25, 0.3) is 0 Å². The molecule has 0 radical (unpaired) electrons. The molecule has 27 heavy (non-hydrogen) atoms. The van der Waals surface area contributed by atoms with E-state index in [-0.39, 0.29) is 25.8 Å². The number of carbonyl (C=O) groups excluding carboxylic acids is 1. The van der Waals surface area contributed by atoms with E-state index in [1.807, 2.05) is 0 Å². The molecule has 0 saturated carbocycles. The van der Waals surface area contributed by atoms with E-state index in [4.69, 9.17) is 10.5 Å². The highest BCUT2D eigenvalue weighted by Crippen LogP contribution is 2.19. The van der Waals surface area contributed by atoms with Gasteiger partial charge in [-0.2, -0.15) is 13.5 Å². The fourth-order valence-electron chi connectivity index (χ4n) is 2.51. The average molecular weight is 395 g/mol. The molecule has 1 heterocycles. The largest absolute Gasteiger partial charge is 0.481 e. The van der Waals surface area contributed by atoms with E-state index < -0.39 is 17.7 Å². The molecule has 5 nitrogen and oxygen atoms in total.